The van der Waals surface area contributed by atoms with Crippen LogP contribution >= 0.6 is 11.6 Å². The second-order valence-electron chi connectivity index (χ2n) is 7.17. The lowest BCUT2D eigenvalue weighted by Gasteiger charge is -2.34. The second kappa shape index (κ2) is 8.78. The molecule has 0 unspecified atom stereocenters. The minimum atomic E-state index is -3.54. The van der Waals surface area contributed by atoms with E-state index in [1.54, 1.807) is 19.2 Å². The van der Waals surface area contributed by atoms with Crippen LogP contribution in [0.15, 0.2) is 28.8 Å². The number of hydrogen-bond donors (Lipinski definition) is 0. The van der Waals surface area contributed by atoms with E-state index in [9.17, 15) is 13.2 Å². The van der Waals surface area contributed by atoms with Crippen molar-refractivity contribution in [2.45, 2.75) is 19.4 Å². The van der Waals surface area contributed by atoms with Crippen molar-refractivity contribution >= 4 is 27.7 Å². The molecule has 158 valence electrons. The zero-order valence-electron chi connectivity index (χ0n) is 16.6. The molecule has 1 fully saturated rings. The third kappa shape index (κ3) is 4.77. The van der Waals surface area contributed by atoms with Crippen molar-refractivity contribution in [3.63, 3.8) is 0 Å². The van der Waals surface area contributed by atoms with Crippen molar-refractivity contribution in [3.8, 4) is 11.4 Å². The molecular weight excluding hydrogens is 418 g/mol. The van der Waals surface area contributed by atoms with Gasteiger partial charge in [0.15, 0.2) is 0 Å². The van der Waals surface area contributed by atoms with Gasteiger partial charge in [-0.2, -0.15) is 22.0 Å². The van der Waals surface area contributed by atoms with E-state index in [2.05, 4.69) is 10.1 Å². The van der Waals surface area contributed by atoms with Gasteiger partial charge in [0, 0.05) is 39.8 Å². The molecule has 0 saturated carbocycles. The Hall–Kier alpha value is -2.01. The minimum Gasteiger partial charge on any atom is -0.337 e. The van der Waals surface area contributed by atoms with Crippen LogP contribution in [-0.2, 0) is 21.5 Å². The maximum Gasteiger partial charge on any atom is 0.281 e. The number of benzene rings is 1. The van der Waals surface area contributed by atoms with Crippen LogP contribution in [0.2, 0.25) is 5.02 Å². The lowest BCUT2D eigenvalue weighted by molar-refractivity contribution is -0.136. The van der Waals surface area contributed by atoms with Crippen LogP contribution in [0.25, 0.3) is 11.4 Å². The maximum atomic E-state index is 12.9. The van der Waals surface area contributed by atoms with Gasteiger partial charge in [-0.05, 0) is 25.0 Å². The van der Waals surface area contributed by atoms with Gasteiger partial charge < -0.3 is 9.42 Å². The number of hydrogen-bond acceptors (Lipinski definition) is 6. The van der Waals surface area contributed by atoms with Gasteiger partial charge in [-0.1, -0.05) is 28.9 Å². The van der Waals surface area contributed by atoms with E-state index in [4.69, 9.17) is 16.1 Å². The van der Waals surface area contributed by atoms with Gasteiger partial charge in [0.25, 0.3) is 10.2 Å². The third-order valence-electron chi connectivity index (χ3n) is 4.85. The third-order valence-corrected chi connectivity index (χ3v) is 7.09. The van der Waals surface area contributed by atoms with E-state index in [1.807, 2.05) is 12.1 Å². The summed E-state index contributed by atoms with van der Waals surface area (Å²) in [5.41, 5.74) is 0.648. The molecule has 29 heavy (non-hydrogen) atoms. The Morgan fingerprint density at radius 1 is 1.31 bits per heavy atom. The largest absolute Gasteiger partial charge is 0.337 e. The predicted molar refractivity (Wildman–Crippen MR) is 108 cm³/mol. The molecule has 0 N–H and O–H groups in total. The fraction of sp³-hybridized carbons (Fsp3) is 0.500. The fourth-order valence-electron chi connectivity index (χ4n) is 3.25. The molecule has 1 aromatic heterocycles. The number of rotatable bonds is 6. The number of piperidine rings is 1. The molecule has 0 bridgehead atoms. The Labute approximate surface area is 175 Å². The summed E-state index contributed by atoms with van der Waals surface area (Å²) in [6, 6.07) is 7.15. The molecule has 1 amide bonds. The first-order chi connectivity index (χ1) is 13.7. The number of carbonyl (C=O) groups excluding carboxylic acids is 1. The Bertz CT molecular complexity index is 978. The molecule has 1 aromatic carbocycles. The smallest absolute Gasteiger partial charge is 0.281 e. The Morgan fingerprint density at radius 2 is 2.03 bits per heavy atom. The van der Waals surface area contributed by atoms with Crippen molar-refractivity contribution in [1.82, 2.24) is 23.7 Å². The highest BCUT2D eigenvalue weighted by atomic mass is 35.5. The van der Waals surface area contributed by atoms with Crippen molar-refractivity contribution in [2.75, 3.05) is 34.2 Å². The number of amides is 1. The molecule has 0 aliphatic carbocycles. The fourth-order valence-corrected chi connectivity index (χ4v) is 4.66. The first-order valence-corrected chi connectivity index (χ1v) is 11.0. The van der Waals surface area contributed by atoms with Gasteiger partial charge in [-0.25, -0.2) is 0 Å². The van der Waals surface area contributed by atoms with Crippen LogP contribution < -0.4 is 0 Å². The molecular formula is C18H24ClN5O4S. The van der Waals surface area contributed by atoms with Crippen LogP contribution in [0.5, 0.6) is 0 Å². The molecule has 1 saturated heterocycles. The zero-order valence-corrected chi connectivity index (χ0v) is 18.1. The second-order valence-corrected chi connectivity index (χ2v) is 9.72. The first kappa shape index (κ1) is 21.7. The van der Waals surface area contributed by atoms with Crippen molar-refractivity contribution in [2.24, 2.45) is 5.92 Å². The molecule has 0 spiro atoms. The van der Waals surface area contributed by atoms with E-state index >= 15 is 0 Å². The van der Waals surface area contributed by atoms with Gasteiger partial charge >= 0.3 is 0 Å². The minimum absolute atomic E-state index is 0.132. The number of halogens is 1. The van der Waals surface area contributed by atoms with Crippen LogP contribution in [0.3, 0.4) is 0 Å². The molecule has 2 heterocycles. The average molecular weight is 442 g/mol. The molecule has 9 nitrogen and oxygen atoms in total. The van der Waals surface area contributed by atoms with Crippen molar-refractivity contribution in [3.05, 3.63) is 35.2 Å². The quantitative estimate of drug-likeness (QED) is 0.678. The molecule has 0 radical (unpaired) electrons. The number of carbonyl (C=O) groups is 1. The predicted octanol–water partition coefficient (Wildman–Crippen LogP) is 1.87. The van der Waals surface area contributed by atoms with E-state index in [1.165, 1.54) is 23.3 Å². The highest BCUT2D eigenvalue weighted by Crippen LogP contribution is 2.26. The summed E-state index contributed by atoms with van der Waals surface area (Å²) in [6.45, 7) is 0.713. The normalized spacial score (nSPS) is 18.2. The standard InChI is InChI=1S/C18H24ClN5O4S/c1-22(2)29(26,27)24-10-6-7-13(11-24)18(25)23(3)12-16-20-17(21-28-16)14-8-4-5-9-15(14)19/h4-5,8-9,13H,6-7,10-12H2,1-3H3/t13-/m1/s1. The molecule has 1 aliphatic rings. The Kier molecular flexibility index (Phi) is 6.57. The van der Waals surface area contributed by atoms with Gasteiger partial charge in [0.2, 0.25) is 17.6 Å². The summed E-state index contributed by atoms with van der Waals surface area (Å²) in [7, 11) is 1.07. The van der Waals surface area contributed by atoms with Crippen molar-refractivity contribution < 1.29 is 17.7 Å². The van der Waals surface area contributed by atoms with Crippen LogP contribution in [0.4, 0.5) is 0 Å². The zero-order chi connectivity index (χ0) is 21.2. The van der Waals surface area contributed by atoms with Crippen LogP contribution in [0, 0.1) is 5.92 Å². The molecule has 3 rings (SSSR count). The summed E-state index contributed by atoms with van der Waals surface area (Å²) in [5, 5.41) is 4.44. The highest BCUT2D eigenvalue weighted by molar-refractivity contribution is 7.86. The van der Waals surface area contributed by atoms with E-state index in [-0.39, 0.29) is 24.9 Å². The maximum absolute atomic E-state index is 12.9. The Balaban J connectivity index is 1.66. The summed E-state index contributed by atoms with van der Waals surface area (Å²) >= 11 is 6.16. The Morgan fingerprint density at radius 3 is 2.72 bits per heavy atom. The number of nitrogens with zero attached hydrogens (tertiary/aromatic N) is 5. The van der Waals surface area contributed by atoms with E-state index in [0.29, 0.717) is 35.8 Å². The first-order valence-electron chi connectivity index (χ1n) is 9.20. The van der Waals surface area contributed by atoms with E-state index in [0.717, 1.165) is 4.31 Å². The van der Waals surface area contributed by atoms with Crippen LogP contribution in [0.1, 0.15) is 18.7 Å². The van der Waals surface area contributed by atoms with Crippen LogP contribution in [-0.4, -0.2) is 72.2 Å². The lowest BCUT2D eigenvalue weighted by atomic mass is 9.98. The SMILES string of the molecule is CN(Cc1nc(-c2ccccc2Cl)no1)C(=O)[C@@H]1CCCN(S(=O)(=O)N(C)C)C1. The molecule has 1 atom stereocenters. The number of aromatic nitrogens is 2. The summed E-state index contributed by atoms with van der Waals surface area (Å²) in [6.07, 6.45) is 1.27. The molecule has 11 heteroatoms. The monoisotopic (exact) mass is 441 g/mol. The van der Waals surface area contributed by atoms with Gasteiger partial charge in [0.05, 0.1) is 17.5 Å². The van der Waals surface area contributed by atoms with Crippen molar-refractivity contribution in [1.29, 1.82) is 0 Å². The van der Waals surface area contributed by atoms with Gasteiger partial charge in [-0.15, -0.1) is 0 Å². The summed E-state index contributed by atoms with van der Waals surface area (Å²) < 4.78 is 32.5. The highest BCUT2D eigenvalue weighted by Gasteiger charge is 2.34. The average Bonchev–Trinajstić information content (AvgIpc) is 3.15. The molecule has 2 aromatic rings. The molecule has 1 aliphatic heterocycles. The van der Waals surface area contributed by atoms with E-state index < -0.39 is 16.1 Å². The lowest BCUT2D eigenvalue weighted by Crippen LogP contribution is -2.49. The topological polar surface area (TPSA) is 99.9 Å². The van der Waals surface area contributed by atoms with Gasteiger partial charge in [-0.3, -0.25) is 4.79 Å². The summed E-state index contributed by atoms with van der Waals surface area (Å²) in [4.78, 5) is 18.7. The summed E-state index contributed by atoms with van der Waals surface area (Å²) in [5.74, 6) is 0.0762. The van der Waals surface area contributed by atoms with Gasteiger partial charge in [0.1, 0.15) is 0 Å².